The number of para-hydroxylation sites is 4. The van der Waals surface area contributed by atoms with Crippen LogP contribution in [0.25, 0.3) is 128 Å². The van der Waals surface area contributed by atoms with Crippen molar-refractivity contribution in [3.8, 4) is 68.2 Å². The predicted octanol–water partition coefficient (Wildman–Crippen LogP) is 15.4. The monoisotopic (exact) mass is 907 g/mol. The lowest BCUT2D eigenvalue weighted by atomic mass is 9.98. The summed E-state index contributed by atoms with van der Waals surface area (Å²) in [6.07, 6.45) is 1.88. The first kappa shape index (κ1) is 40.2. The minimum absolute atomic E-state index is 0.512. The van der Waals surface area contributed by atoms with Gasteiger partial charge in [0.05, 0.1) is 56.2 Å². The molecular weight excluding hydrogens is 869 g/mol. The van der Waals surface area contributed by atoms with Crippen molar-refractivity contribution in [3.63, 3.8) is 0 Å². The van der Waals surface area contributed by atoms with Crippen LogP contribution >= 0.6 is 0 Å². The quantitative estimate of drug-likeness (QED) is 0.149. The molecule has 7 heteroatoms. The number of nitriles is 1. The molecule has 0 saturated carbocycles. The molecule has 330 valence electrons. The number of fused-ring (bicyclic) bond motifs is 10. The Labute approximate surface area is 407 Å². The third-order valence-electron chi connectivity index (χ3n) is 13.9. The van der Waals surface area contributed by atoms with Crippen LogP contribution in [0.2, 0.25) is 0 Å². The van der Waals surface area contributed by atoms with E-state index in [0.717, 1.165) is 116 Å². The summed E-state index contributed by atoms with van der Waals surface area (Å²) in [7, 11) is 0. The fourth-order valence-corrected chi connectivity index (χ4v) is 10.8. The van der Waals surface area contributed by atoms with E-state index in [-0.39, 0.29) is 0 Å². The zero-order chi connectivity index (χ0) is 47.0. The summed E-state index contributed by atoms with van der Waals surface area (Å²) >= 11 is 0. The van der Waals surface area contributed by atoms with E-state index in [2.05, 4.69) is 208 Å². The molecule has 0 N–H and O–H groups in total. The molecule has 7 nitrogen and oxygen atoms in total. The average Bonchev–Trinajstić information content (AvgIpc) is 4.11. The van der Waals surface area contributed by atoms with Crippen molar-refractivity contribution in [2.75, 3.05) is 0 Å². The lowest BCUT2D eigenvalue weighted by Crippen LogP contribution is -2.37. The molecule has 0 spiro atoms. The SMILES string of the molecule is N#Cc1ccc(-n2c3ccccc3c3ccc4c(c5ccccc5n4-c4cccc5c4oc4ccccc45)c32)c(-[n+]2cnc(-c3ccccc3-c3ccccc3)nc2-c2ccccc2-c2ccccc2)c1. The predicted molar refractivity (Wildman–Crippen MR) is 286 cm³/mol. The van der Waals surface area contributed by atoms with E-state index in [1.807, 2.05) is 48.8 Å². The molecule has 0 radical (unpaired) electrons. The van der Waals surface area contributed by atoms with Crippen molar-refractivity contribution in [2.24, 2.45) is 0 Å². The molecule has 14 rings (SSSR count). The van der Waals surface area contributed by atoms with Crippen molar-refractivity contribution >= 4 is 65.6 Å². The Bertz CT molecular complexity index is 4480. The van der Waals surface area contributed by atoms with Crippen LogP contribution in [0, 0.1) is 11.3 Å². The van der Waals surface area contributed by atoms with Crippen molar-refractivity contribution in [2.45, 2.75) is 0 Å². The maximum absolute atomic E-state index is 10.7. The van der Waals surface area contributed by atoms with Gasteiger partial charge >= 0.3 is 5.82 Å². The Hall–Kier alpha value is -9.90. The number of benzene rings is 10. The zero-order valence-corrected chi connectivity index (χ0v) is 38.1. The normalized spacial score (nSPS) is 11.6. The van der Waals surface area contributed by atoms with Crippen LogP contribution in [-0.4, -0.2) is 19.1 Å². The molecule has 0 bridgehead atoms. The first-order chi connectivity index (χ1) is 35.2. The highest BCUT2D eigenvalue weighted by atomic mass is 16.3. The van der Waals surface area contributed by atoms with E-state index in [9.17, 15) is 5.26 Å². The first-order valence-corrected chi connectivity index (χ1v) is 23.7. The van der Waals surface area contributed by atoms with Gasteiger partial charge in [-0.2, -0.15) is 9.83 Å². The van der Waals surface area contributed by atoms with E-state index in [0.29, 0.717) is 17.2 Å². The van der Waals surface area contributed by atoms with E-state index in [1.165, 1.54) is 0 Å². The zero-order valence-electron chi connectivity index (χ0n) is 38.1. The maximum atomic E-state index is 10.7. The second-order valence-electron chi connectivity index (χ2n) is 17.8. The first-order valence-electron chi connectivity index (χ1n) is 23.7. The second-order valence-corrected chi connectivity index (χ2v) is 17.8. The number of aromatic nitrogens is 5. The van der Waals surface area contributed by atoms with E-state index in [1.54, 1.807) is 0 Å². The van der Waals surface area contributed by atoms with E-state index in [4.69, 9.17) is 14.4 Å². The molecule has 4 aromatic heterocycles. The molecule has 71 heavy (non-hydrogen) atoms. The van der Waals surface area contributed by atoms with Crippen LogP contribution in [0.15, 0.2) is 241 Å². The van der Waals surface area contributed by atoms with Gasteiger partial charge in [0.2, 0.25) is 6.33 Å². The van der Waals surface area contributed by atoms with Gasteiger partial charge in [-0.1, -0.05) is 180 Å². The average molecular weight is 908 g/mol. The van der Waals surface area contributed by atoms with Crippen LogP contribution in [0.5, 0.6) is 0 Å². The lowest BCUT2D eigenvalue weighted by molar-refractivity contribution is -0.590. The Balaban J connectivity index is 1.08. The number of nitrogens with zero attached hydrogens (tertiary/aromatic N) is 6. The maximum Gasteiger partial charge on any atom is 0.308 e. The Morgan fingerprint density at radius 1 is 0.451 bits per heavy atom. The summed E-state index contributed by atoms with van der Waals surface area (Å²) in [5, 5.41) is 17.2. The minimum Gasteiger partial charge on any atom is -0.454 e. The lowest BCUT2D eigenvalue weighted by Gasteiger charge is -2.16. The summed E-state index contributed by atoms with van der Waals surface area (Å²) < 4.78 is 13.5. The van der Waals surface area contributed by atoms with Crippen molar-refractivity contribution in [1.29, 1.82) is 5.26 Å². The second kappa shape index (κ2) is 16.1. The Morgan fingerprint density at radius 2 is 1.06 bits per heavy atom. The van der Waals surface area contributed by atoms with Gasteiger partial charge < -0.3 is 13.6 Å². The summed E-state index contributed by atoms with van der Waals surface area (Å²) in [5.41, 5.74) is 15.0. The fraction of sp³-hybridized carbons (Fsp3) is 0. The molecule has 0 atom stereocenters. The molecule has 14 aromatic rings. The van der Waals surface area contributed by atoms with Crippen molar-refractivity contribution in [1.82, 2.24) is 19.1 Å². The van der Waals surface area contributed by atoms with Crippen molar-refractivity contribution in [3.05, 3.63) is 242 Å². The van der Waals surface area contributed by atoms with Gasteiger partial charge in [0.1, 0.15) is 11.3 Å². The smallest absolute Gasteiger partial charge is 0.308 e. The number of rotatable bonds is 7. The van der Waals surface area contributed by atoms with E-state index < -0.39 is 0 Å². The Kier molecular flexibility index (Phi) is 9.13. The van der Waals surface area contributed by atoms with Gasteiger partial charge in [-0.05, 0) is 82.9 Å². The van der Waals surface area contributed by atoms with Gasteiger partial charge in [-0.15, -0.1) is 0 Å². The van der Waals surface area contributed by atoms with Crippen molar-refractivity contribution < 1.29 is 8.98 Å². The highest BCUT2D eigenvalue weighted by molar-refractivity contribution is 6.26. The molecule has 0 aliphatic heterocycles. The molecule has 10 aromatic carbocycles. The standard InChI is InChI=1S/C64H39N6O/c65-39-41-34-36-55(58(38-41)68-40-66-63(50-26-9-7-22-44(50)42-18-3-1-4-19-42)67-64(68)51-27-10-8-23-45(51)43-20-5-2-6-21-43)70-53-30-14-11-24-46(53)48-35-37-56-60(61(48)70)52-28-12-15-31-54(52)69(56)57-32-17-29-49-47-25-13-16-33-59(47)71-62(49)57/h1-38,40H/q+1. The summed E-state index contributed by atoms with van der Waals surface area (Å²) in [6, 6.07) is 82.3. The largest absolute Gasteiger partial charge is 0.454 e. The van der Waals surface area contributed by atoms with Gasteiger partial charge in [0, 0.05) is 32.3 Å². The highest BCUT2D eigenvalue weighted by Gasteiger charge is 2.29. The molecule has 4 heterocycles. The number of furan rings is 1. The summed E-state index contributed by atoms with van der Waals surface area (Å²) in [5.74, 6) is 1.26. The number of hydrogen-bond acceptors (Lipinski definition) is 4. The van der Waals surface area contributed by atoms with Crippen LogP contribution in [0.1, 0.15) is 5.56 Å². The molecule has 0 aliphatic carbocycles. The van der Waals surface area contributed by atoms with E-state index >= 15 is 0 Å². The molecule has 0 amide bonds. The van der Waals surface area contributed by atoms with Crippen LogP contribution in [0.4, 0.5) is 0 Å². The minimum atomic E-state index is 0.512. The summed E-state index contributed by atoms with van der Waals surface area (Å²) in [6.45, 7) is 0. The highest BCUT2D eigenvalue weighted by Crippen LogP contribution is 2.44. The molecule has 0 aliphatic rings. The van der Waals surface area contributed by atoms with Gasteiger partial charge in [0.15, 0.2) is 5.58 Å². The van der Waals surface area contributed by atoms with Crippen LogP contribution in [0.3, 0.4) is 0 Å². The fourth-order valence-electron chi connectivity index (χ4n) is 10.8. The van der Waals surface area contributed by atoms with Gasteiger partial charge in [0.25, 0.3) is 5.82 Å². The van der Waals surface area contributed by atoms with Crippen LogP contribution in [-0.2, 0) is 0 Å². The third kappa shape index (κ3) is 6.25. The van der Waals surface area contributed by atoms with Gasteiger partial charge in [-0.25, -0.2) is 0 Å². The van der Waals surface area contributed by atoms with Crippen LogP contribution < -0.4 is 4.57 Å². The molecule has 0 unspecified atom stereocenters. The topological polar surface area (TPSA) is 76.5 Å². The Morgan fingerprint density at radius 3 is 1.80 bits per heavy atom. The third-order valence-corrected chi connectivity index (χ3v) is 13.9. The molecule has 0 fully saturated rings. The number of hydrogen-bond donors (Lipinski definition) is 0. The van der Waals surface area contributed by atoms with Gasteiger partial charge in [-0.3, -0.25) is 0 Å². The molecular formula is C64H39N6O+. The molecule has 0 saturated heterocycles. The summed E-state index contributed by atoms with van der Waals surface area (Å²) in [4.78, 5) is 10.8.